The molecule has 0 fully saturated rings. The number of carboxylic acid groups (broad SMARTS) is 1. The molecule has 1 amide bonds. The van der Waals surface area contributed by atoms with Crippen molar-refractivity contribution in [3.05, 3.63) is 35.4 Å². The summed E-state index contributed by atoms with van der Waals surface area (Å²) < 4.78 is 43.6. The fourth-order valence-electron chi connectivity index (χ4n) is 1.96. The number of benzene rings is 1. The van der Waals surface area contributed by atoms with Crippen molar-refractivity contribution < 1.29 is 32.3 Å². The van der Waals surface area contributed by atoms with E-state index in [1.807, 2.05) is 13.1 Å². The van der Waals surface area contributed by atoms with Gasteiger partial charge >= 0.3 is 12.1 Å². The van der Waals surface area contributed by atoms with Crippen molar-refractivity contribution in [3.63, 3.8) is 0 Å². The number of hydrogen-bond donors (Lipinski definition) is 2. The van der Waals surface area contributed by atoms with Crippen LogP contribution in [0, 0.1) is 0 Å². The second-order valence-corrected chi connectivity index (χ2v) is 12.6. The SMILES string of the molecule is CC(C)(C)[Si](C)(C)OCC[C@@H](NC(=O)c1ccc(C(F)(F)F)cc1)C(=O)O. The Hall–Kier alpha value is -1.87. The van der Waals surface area contributed by atoms with Gasteiger partial charge in [0.1, 0.15) is 6.04 Å². The van der Waals surface area contributed by atoms with Crippen LogP contribution in [0.1, 0.15) is 43.1 Å². The molecule has 0 aliphatic carbocycles. The second kappa shape index (κ2) is 8.43. The first-order valence-electron chi connectivity index (χ1n) is 8.50. The summed E-state index contributed by atoms with van der Waals surface area (Å²) in [5.41, 5.74) is -0.920. The summed E-state index contributed by atoms with van der Waals surface area (Å²) in [4.78, 5) is 23.5. The van der Waals surface area contributed by atoms with Gasteiger partial charge in [0.25, 0.3) is 5.91 Å². The van der Waals surface area contributed by atoms with Gasteiger partial charge in [0.15, 0.2) is 8.32 Å². The number of halogens is 3. The third kappa shape index (κ3) is 6.66. The second-order valence-electron chi connectivity index (χ2n) is 7.84. The molecule has 0 saturated carbocycles. The highest BCUT2D eigenvalue weighted by Crippen LogP contribution is 2.36. The average molecular weight is 405 g/mol. The Morgan fingerprint density at radius 2 is 1.67 bits per heavy atom. The van der Waals surface area contributed by atoms with E-state index >= 15 is 0 Å². The molecule has 0 unspecified atom stereocenters. The summed E-state index contributed by atoms with van der Waals surface area (Å²) >= 11 is 0. The van der Waals surface area contributed by atoms with E-state index in [0.717, 1.165) is 24.3 Å². The van der Waals surface area contributed by atoms with E-state index in [-0.39, 0.29) is 23.6 Å². The number of alkyl halides is 3. The predicted octanol–water partition coefficient (Wildman–Crippen LogP) is 4.30. The smallest absolute Gasteiger partial charge is 0.416 e. The molecule has 0 aliphatic heterocycles. The first-order valence-corrected chi connectivity index (χ1v) is 11.4. The van der Waals surface area contributed by atoms with E-state index in [1.54, 1.807) is 0 Å². The van der Waals surface area contributed by atoms with Gasteiger partial charge in [0.05, 0.1) is 5.56 Å². The monoisotopic (exact) mass is 405 g/mol. The molecule has 0 saturated heterocycles. The molecule has 1 aromatic carbocycles. The van der Waals surface area contributed by atoms with Crippen LogP contribution in [0.25, 0.3) is 0 Å². The molecule has 27 heavy (non-hydrogen) atoms. The van der Waals surface area contributed by atoms with Crippen molar-refractivity contribution in [3.8, 4) is 0 Å². The third-order valence-electron chi connectivity index (χ3n) is 4.75. The maximum absolute atomic E-state index is 12.6. The Balaban J connectivity index is 2.72. The van der Waals surface area contributed by atoms with Crippen molar-refractivity contribution in [2.75, 3.05) is 6.61 Å². The zero-order valence-electron chi connectivity index (χ0n) is 16.1. The highest BCUT2D eigenvalue weighted by atomic mass is 28.4. The molecule has 0 aliphatic rings. The van der Waals surface area contributed by atoms with Gasteiger partial charge < -0.3 is 14.8 Å². The lowest BCUT2D eigenvalue weighted by Gasteiger charge is -2.36. The lowest BCUT2D eigenvalue weighted by atomic mass is 10.1. The van der Waals surface area contributed by atoms with Gasteiger partial charge in [-0.3, -0.25) is 4.79 Å². The average Bonchev–Trinajstić information content (AvgIpc) is 2.51. The van der Waals surface area contributed by atoms with Crippen molar-refractivity contribution in [2.45, 2.75) is 57.5 Å². The molecule has 9 heteroatoms. The summed E-state index contributed by atoms with van der Waals surface area (Å²) in [7, 11) is -2.05. The lowest BCUT2D eigenvalue weighted by Crippen LogP contribution is -2.44. The van der Waals surface area contributed by atoms with Gasteiger partial charge in [-0.05, 0) is 42.4 Å². The van der Waals surface area contributed by atoms with Crippen LogP contribution in [0.2, 0.25) is 18.1 Å². The Bertz CT molecular complexity index is 667. The van der Waals surface area contributed by atoms with E-state index in [9.17, 15) is 27.9 Å². The third-order valence-corrected chi connectivity index (χ3v) is 9.29. The zero-order chi connectivity index (χ0) is 21.0. The van der Waals surface area contributed by atoms with E-state index in [2.05, 4.69) is 26.1 Å². The summed E-state index contributed by atoms with van der Waals surface area (Å²) in [6, 6.07) is 2.41. The first-order chi connectivity index (χ1) is 12.1. The van der Waals surface area contributed by atoms with Crippen molar-refractivity contribution in [2.24, 2.45) is 0 Å². The normalized spacial score (nSPS) is 13.9. The molecule has 0 spiro atoms. The lowest BCUT2D eigenvalue weighted by molar-refractivity contribution is -0.139. The number of carbonyl (C=O) groups is 2. The maximum atomic E-state index is 12.6. The number of hydrogen-bond acceptors (Lipinski definition) is 3. The largest absolute Gasteiger partial charge is 0.480 e. The molecule has 1 rings (SSSR count). The summed E-state index contributed by atoms with van der Waals surface area (Å²) in [6.45, 7) is 10.4. The van der Waals surface area contributed by atoms with E-state index < -0.39 is 38.0 Å². The molecule has 1 atom stereocenters. The molecule has 0 radical (unpaired) electrons. The van der Waals surface area contributed by atoms with Gasteiger partial charge in [-0.25, -0.2) is 4.79 Å². The first kappa shape index (κ1) is 23.2. The number of amides is 1. The Morgan fingerprint density at radius 3 is 2.07 bits per heavy atom. The fraction of sp³-hybridized carbons (Fsp3) is 0.556. The van der Waals surface area contributed by atoms with Crippen LogP contribution in [0.15, 0.2) is 24.3 Å². The van der Waals surface area contributed by atoms with Crippen LogP contribution >= 0.6 is 0 Å². The van der Waals surface area contributed by atoms with E-state index in [4.69, 9.17) is 4.43 Å². The molecule has 5 nitrogen and oxygen atoms in total. The van der Waals surface area contributed by atoms with Gasteiger partial charge in [-0.2, -0.15) is 13.2 Å². The van der Waals surface area contributed by atoms with Crippen molar-refractivity contribution in [1.29, 1.82) is 0 Å². The zero-order valence-corrected chi connectivity index (χ0v) is 17.1. The van der Waals surface area contributed by atoms with E-state index in [0.29, 0.717) is 0 Å². The van der Waals surface area contributed by atoms with Gasteiger partial charge in [0.2, 0.25) is 0 Å². The van der Waals surface area contributed by atoms with Gasteiger partial charge in [0, 0.05) is 18.6 Å². The minimum Gasteiger partial charge on any atom is -0.480 e. The number of carbonyl (C=O) groups excluding carboxylic acids is 1. The quantitative estimate of drug-likeness (QED) is 0.663. The molecule has 0 bridgehead atoms. The van der Waals surface area contributed by atoms with Crippen LogP contribution in [0.3, 0.4) is 0 Å². The van der Waals surface area contributed by atoms with Crippen LogP contribution in [-0.2, 0) is 15.4 Å². The summed E-state index contributed by atoms with van der Waals surface area (Å²) in [6.07, 6.45) is -4.44. The van der Waals surface area contributed by atoms with Crippen LogP contribution in [0.5, 0.6) is 0 Å². The van der Waals surface area contributed by atoms with E-state index in [1.165, 1.54) is 0 Å². The Labute approximate surface area is 158 Å². The number of aliphatic carboxylic acids is 1. The molecule has 0 heterocycles. The van der Waals surface area contributed by atoms with Gasteiger partial charge in [-0.1, -0.05) is 20.8 Å². The molecular formula is C18H26F3NO4Si. The minimum absolute atomic E-state index is 0.0325. The van der Waals surface area contributed by atoms with Crippen LogP contribution in [0.4, 0.5) is 13.2 Å². The highest BCUT2D eigenvalue weighted by Gasteiger charge is 2.37. The summed E-state index contributed by atoms with van der Waals surface area (Å²) in [5, 5.41) is 11.6. The maximum Gasteiger partial charge on any atom is 0.416 e. The molecule has 2 N–H and O–H groups in total. The number of rotatable bonds is 7. The van der Waals surface area contributed by atoms with Gasteiger partial charge in [-0.15, -0.1) is 0 Å². The minimum atomic E-state index is -4.50. The Kier molecular flexibility index (Phi) is 7.23. The van der Waals surface area contributed by atoms with Crippen LogP contribution in [-0.4, -0.2) is 37.9 Å². The fourth-order valence-corrected chi connectivity index (χ4v) is 3.02. The number of nitrogens with one attached hydrogen (secondary N) is 1. The topological polar surface area (TPSA) is 75.6 Å². The standard InChI is InChI=1S/C18H26F3NO4Si/c1-17(2,3)27(4,5)26-11-10-14(16(24)25)22-15(23)12-6-8-13(9-7-12)18(19,20)21/h6-9,14H,10-11H2,1-5H3,(H,22,23)(H,24,25)/t14-/m1/s1. The Morgan fingerprint density at radius 1 is 1.15 bits per heavy atom. The van der Waals surface area contributed by atoms with Crippen molar-refractivity contribution in [1.82, 2.24) is 5.32 Å². The summed E-state index contributed by atoms with van der Waals surface area (Å²) in [5.74, 6) is -1.97. The van der Waals surface area contributed by atoms with Crippen LogP contribution < -0.4 is 5.32 Å². The highest BCUT2D eigenvalue weighted by molar-refractivity contribution is 6.74. The number of carboxylic acids is 1. The molecule has 1 aromatic rings. The predicted molar refractivity (Wildman–Crippen MR) is 98.1 cm³/mol. The molecule has 152 valence electrons. The molecular weight excluding hydrogens is 379 g/mol. The molecule has 0 aromatic heterocycles. The van der Waals surface area contributed by atoms with Crippen molar-refractivity contribution >= 4 is 20.2 Å².